The average molecular weight is 461 g/mol. The third kappa shape index (κ3) is 5.66. The fourth-order valence-corrected chi connectivity index (χ4v) is 20.8. The van der Waals surface area contributed by atoms with Crippen LogP contribution in [0, 0.1) is 0 Å². The topological polar surface area (TPSA) is 30.2 Å². The Morgan fingerprint density at radius 3 is 1.67 bits per heavy atom. The van der Waals surface area contributed by atoms with Gasteiger partial charge < -0.3 is 0 Å². The molecule has 0 aliphatic heterocycles. The molecule has 0 aliphatic rings. The second-order valence-electron chi connectivity index (χ2n) is 7.25. The van der Waals surface area contributed by atoms with E-state index in [2.05, 4.69) is 32.9 Å². The molecule has 0 aromatic carbocycles. The molecule has 0 radical (unpaired) electrons. The average Bonchev–Trinajstić information content (AvgIpc) is 3.12. The van der Waals surface area contributed by atoms with Gasteiger partial charge in [-0.15, -0.1) is 0 Å². The third-order valence-corrected chi connectivity index (χ3v) is 23.6. The molecular weight excluding hydrogens is 422 g/mol. The summed E-state index contributed by atoms with van der Waals surface area (Å²) in [5, 5.41) is 0. The van der Waals surface area contributed by atoms with Gasteiger partial charge in [0.15, 0.2) is 0 Å². The van der Waals surface area contributed by atoms with Crippen molar-refractivity contribution in [1.82, 2.24) is 0 Å². The Hall–Kier alpha value is 0.309. The van der Waals surface area contributed by atoms with Gasteiger partial charge in [-0.1, -0.05) is 0 Å². The molecular formula is C20H39O2PSn. The van der Waals surface area contributed by atoms with Gasteiger partial charge in [0.2, 0.25) is 0 Å². The second-order valence-corrected chi connectivity index (χ2v) is 23.7. The van der Waals surface area contributed by atoms with Crippen molar-refractivity contribution in [2.24, 2.45) is 0 Å². The molecule has 1 heterocycles. The Labute approximate surface area is 154 Å². The molecule has 1 aromatic rings. The maximum absolute atomic E-state index is 13.1. The van der Waals surface area contributed by atoms with Crippen LogP contribution in [0.5, 0.6) is 0 Å². The SMILES string of the molecule is CCC[CH2][Sn]([CH2]CCC)([CH2]CCC)[c]1ccc(P(=O)(CC)CC)o1. The van der Waals surface area contributed by atoms with Crippen LogP contribution in [0.4, 0.5) is 0 Å². The van der Waals surface area contributed by atoms with E-state index in [9.17, 15) is 4.57 Å². The van der Waals surface area contributed by atoms with Gasteiger partial charge in [-0.05, 0) is 0 Å². The van der Waals surface area contributed by atoms with E-state index in [0.717, 1.165) is 17.8 Å². The number of rotatable bonds is 13. The van der Waals surface area contributed by atoms with Crippen molar-refractivity contribution in [3.05, 3.63) is 12.1 Å². The molecule has 0 fully saturated rings. The Bertz CT molecular complexity index is 480. The maximum atomic E-state index is 13.1. The summed E-state index contributed by atoms with van der Waals surface area (Å²) >= 11 is -2.50. The molecule has 0 atom stereocenters. The van der Waals surface area contributed by atoms with E-state index in [0.29, 0.717) is 0 Å². The molecule has 0 saturated carbocycles. The van der Waals surface area contributed by atoms with Gasteiger partial charge in [-0.25, -0.2) is 0 Å². The summed E-state index contributed by atoms with van der Waals surface area (Å²) in [5.41, 5.74) is 0.813. The molecule has 24 heavy (non-hydrogen) atoms. The van der Waals surface area contributed by atoms with Crippen LogP contribution in [0.3, 0.4) is 0 Å². The number of hydrogen-bond acceptors (Lipinski definition) is 2. The zero-order chi connectivity index (χ0) is 18.1. The first-order valence-corrected chi connectivity index (χ1v) is 19.8. The Morgan fingerprint density at radius 1 is 0.833 bits per heavy atom. The fraction of sp³-hybridized carbons (Fsp3) is 0.800. The van der Waals surface area contributed by atoms with Crippen molar-refractivity contribution in [2.45, 2.75) is 86.5 Å². The number of hydrogen-bond donors (Lipinski definition) is 0. The number of unbranched alkanes of at least 4 members (excludes halogenated alkanes) is 3. The van der Waals surface area contributed by atoms with Crippen molar-refractivity contribution in [3.8, 4) is 0 Å². The van der Waals surface area contributed by atoms with Gasteiger partial charge in [0.25, 0.3) is 0 Å². The van der Waals surface area contributed by atoms with Crippen LogP contribution in [0.2, 0.25) is 13.3 Å². The molecule has 140 valence electrons. The molecule has 0 spiro atoms. The van der Waals surface area contributed by atoms with Crippen molar-refractivity contribution in [3.63, 3.8) is 0 Å². The molecule has 1 rings (SSSR count). The first-order chi connectivity index (χ1) is 11.5. The van der Waals surface area contributed by atoms with Gasteiger partial charge in [-0.3, -0.25) is 0 Å². The quantitative estimate of drug-likeness (QED) is 0.253. The van der Waals surface area contributed by atoms with E-state index in [1.54, 1.807) is 0 Å². The zero-order valence-corrected chi connectivity index (χ0v) is 20.4. The van der Waals surface area contributed by atoms with Gasteiger partial charge in [0.05, 0.1) is 0 Å². The van der Waals surface area contributed by atoms with E-state index in [1.807, 2.05) is 13.8 Å². The summed E-state index contributed by atoms with van der Waals surface area (Å²) in [7, 11) is -2.29. The van der Waals surface area contributed by atoms with Gasteiger partial charge in [0.1, 0.15) is 0 Å². The van der Waals surface area contributed by atoms with Crippen LogP contribution < -0.4 is 9.28 Å². The summed E-state index contributed by atoms with van der Waals surface area (Å²) in [4.78, 5) is 0. The van der Waals surface area contributed by atoms with Gasteiger partial charge in [-0.2, -0.15) is 0 Å². The molecule has 2 nitrogen and oxygen atoms in total. The van der Waals surface area contributed by atoms with Gasteiger partial charge in [0, 0.05) is 0 Å². The van der Waals surface area contributed by atoms with E-state index < -0.39 is 25.5 Å². The first-order valence-electron chi connectivity index (χ1n) is 10.2. The van der Waals surface area contributed by atoms with Crippen LogP contribution in [0.25, 0.3) is 0 Å². The standard InChI is InChI=1S/C8H12O2P.3C4H9.Sn/c1-3-11(9,4-2)8-6-5-7-10-8;3*1-3-4-2;/h5-6H,3-4H2,1-2H3;3*1,3-4H2,2H3;. The predicted octanol–water partition coefficient (Wildman–Crippen LogP) is 6.36. The Kier molecular flexibility index (Phi) is 10.3. The summed E-state index contributed by atoms with van der Waals surface area (Å²) in [5.74, 6) is 0. The summed E-state index contributed by atoms with van der Waals surface area (Å²) < 4.78 is 25.0. The first kappa shape index (κ1) is 22.3. The van der Waals surface area contributed by atoms with Crippen LogP contribution in [0.1, 0.15) is 73.1 Å². The Morgan fingerprint density at radius 2 is 1.29 bits per heavy atom. The predicted molar refractivity (Wildman–Crippen MR) is 112 cm³/mol. The van der Waals surface area contributed by atoms with Crippen LogP contribution >= 0.6 is 7.14 Å². The summed E-state index contributed by atoms with van der Waals surface area (Å²) in [6.45, 7) is 11.0. The molecule has 0 aliphatic carbocycles. The summed E-state index contributed by atoms with van der Waals surface area (Å²) in [6.07, 6.45) is 9.25. The molecule has 4 heteroatoms. The molecule has 0 unspecified atom stereocenters. The molecule has 0 N–H and O–H groups in total. The van der Waals surface area contributed by atoms with Gasteiger partial charge >= 0.3 is 155 Å². The number of furan rings is 1. The molecule has 1 aromatic heterocycles. The minimum absolute atomic E-state index is 0.720. The minimum atomic E-state index is -2.50. The van der Waals surface area contributed by atoms with E-state index >= 15 is 0 Å². The second kappa shape index (κ2) is 11.1. The van der Waals surface area contributed by atoms with Crippen LogP contribution in [-0.4, -0.2) is 30.7 Å². The van der Waals surface area contributed by atoms with Crippen LogP contribution in [-0.2, 0) is 4.57 Å². The molecule has 0 bridgehead atoms. The third-order valence-electron chi connectivity index (χ3n) is 5.56. The van der Waals surface area contributed by atoms with Crippen molar-refractivity contribution in [1.29, 1.82) is 0 Å². The van der Waals surface area contributed by atoms with E-state index in [4.69, 9.17) is 4.42 Å². The monoisotopic (exact) mass is 462 g/mol. The normalized spacial score (nSPS) is 12.7. The summed E-state index contributed by atoms with van der Waals surface area (Å²) in [6, 6.07) is 4.31. The zero-order valence-electron chi connectivity index (χ0n) is 16.7. The van der Waals surface area contributed by atoms with Crippen LogP contribution in [0.15, 0.2) is 16.5 Å². The molecule has 0 saturated heterocycles. The molecule has 0 amide bonds. The van der Waals surface area contributed by atoms with Crippen molar-refractivity contribution < 1.29 is 8.98 Å². The van der Waals surface area contributed by atoms with E-state index in [-0.39, 0.29) is 0 Å². The van der Waals surface area contributed by atoms with Crippen molar-refractivity contribution >= 4 is 34.8 Å². The fourth-order valence-electron chi connectivity index (χ4n) is 3.66. The van der Waals surface area contributed by atoms with E-state index in [1.165, 1.54) is 55.6 Å². The van der Waals surface area contributed by atoms with Crippen molar-refractivity contribution in [2.75, 3.05) is 12.3 Å². The Balaban J connectivity index is 3.20.